The fourth-order valence-corrected chi connectivity index (χ4v) is 4.17. The van der Waals surface area contributed by atoms with Gasteiger partial charge in [0.15, 0.2) is 11.5 Å². The molecule has 7 nitrogen and oxygen atoms in total. The van der Waals surface area contributed by atoms with Gasteiger partial charge in [-0.1, -0.05) is 12.1 Å². The lowest BCUT2D eigenvalue weighted by Crippen LogP contribution is -2.37. The third-order valence-electron chi connectivity index (χ3n) is 5.66. The lowest BCUT2D eigenvalue weighted by Gasteiger charge is -2.28. The largest absolute Gasteiger partial charge is 0.503 e. The first-order valence-electron chi connectivity index (χ1n) is 10.4. The molecule has 7 heteroatoms. The molecule has 1 unspecified atom stereocenters. The number of furan rings is 1. The standard InChI is InChI=1S/C23H26N2O5/c1-2-29-17-9-7-16(8-10-17)20-19(21(26)18-6-5-15-30-18)22(27)23(28)25(20)14-13-24-11-3-4-12-24/h5-10,15,20,27H,2-4,11-14H2,1H3. The maximum Gasteiger partial charge on any atom is 0.290 e. The quantitative estimate of drug-likeness (QED) is 0.672. The zero-order valence-electron chi connectivity index (χ0n) is 17.0. The second-order valence-corrected chi connectivity index (χ2v) is 7.52. The van der Waals surface area contributed by atoms with Crippen molar-refractivity contribution >= 4 is 11.7 Å². The Balaban J connectivity index is 1.67. The summed E-state index contributed by atoms with van der Waals surface area (Å²) in [5.41, 5.74) is 0.799. The van der Waals surface area contributed by atoms with Gasteiger partial charge in [0.05, 0.1) is 24.5 Å². The topological polar surface area (TPSA) is 83.2 Å². The Hall–Kier alpha value is -3.06. The zero-order valence-corrected chi connectivity index (χ0v) is 17.0. The number of carbonyl (C=O) groups is 2. The van der Waals surface area contributed by atoms with Crippen molar-refractivity contribution in [1.82, 2.24) is 9.80 Å². The lowest BCUT2D eigenvalue weighted by molar-refractivity contribution is -0.129. The van der Waals surface area contributed by atoms with Crippen molar-refractivity contribution in [2.24, 2.45) is 0 Å². The summed E-state index contributed by atoms with van der Waals surface area (Å²) in [4.78, 5) is 29.9. The third-order valence-corrected chi connectivity index (χ3v) is 5.66. The van der Waals surface area contributed by atoms with Crippen molar-refractivity contribution in [1.29, 1.82) is 0 Å². The highest BCUT2D eigenvalue weighted by Crippen LogP contribution is 2.39. The van der Waals surface area contributed by atoms with E-state index in [1.807, 2.05) is 31.2 Å². The number of likely N-dealkylation sites (tertiary alicyclic amines) is 1. The van der Waals surface area contributed by atoms with E-state index in [0.29, 0.717) is 25.4 Å². The predicted octanol–water partition coefficient (Wildman–Crippen LogP) is 3.35. The molecule has 0 saturated carbocycles. The van der Waals surface area contributed by atoms with Gasteiger partial charge in [0, 0.05) is 13.1 Å². The summed E-state index contributed by atoms with van der Waals surface area (Å²) in [6.45, 7) is 5.60. The van der Waals surface area contributed by atoms with E-state index in [1.165, 1.54) is 12.3 Å². The molecular weight excluding hydrogens is 384 g/mol. The average molecular weight is 410 g/mol. The van der Waals surface area contributed by atoms with Crippen LogP contribution in [0.5, 0.6) is 5.75 Å². The van der Waals surface area contributed by atoms with Gasteiger partial charge in [0.1, 0.15) is 5.75 Å². The highest BCUT2D eigenvalue weighted by atomic mass is 16.5. The summed E-state index contributed by atoms with van der Waals surface area (Å²) in [6.07, 6.45) is 3.71. The van der Waals surface area contributed by atoms with E-state index < -0.39 is 23.5 Å². The summed E-state index contributed by atoms with van der Waals surface area (Å²) in [6, 6.07) is 9.76. The number of hydrogen-bond acceptors (Lipinski definition) is 6. The predicted molar refractivity (Wildman–Crippen MR) is 110 cm³/mol. The highest BCUT2D eigenvalue weighted by molar-refractivity contribution is 6.15. The number of rotatable bonds is 8. The fraction of sp³-hybridized carbons (Fsp3) is 0.391. The number of nitrogens with zero attached hydrogens (tertiary/aromatic N) is 2. The van der Waals surface area contributed by atoms with Crippen LogP contribution in [0.15, 0.2) is 58.4 Å². The molecule has 1 aromatic heterocycles. The molecule has 1 saturated heterocycles. The molecule has 0 bridgehead atoms. The van der Waals surface area contributed by atoms with E-state index in [2.05, 4.69) is 4.90 Å². The smallest absolute Gasteiger partial charge is 0.290 e. The van der Waals surface area contributed by atoms with Crippen LogP contribution in [0.1, 0.15) is 41.9 Å². The molecule has 1 amide bonds. The average Bonchev–Trinajstić information content (AvgIpc) is 3.50. The Kier molecular flexibility index (Phi) is 5.90. The minimum atomic E-state index is -0.673. The molecule has 1 atom stereocenters. The molecule has 30 heavy (non-hydrogen) atoms. The van der Waals surface area contributed by atoms with E-state index in [1.54, 1.807) is 11.0 Å². The summed E-state index contributed by atoms with van der Waals surface area (Å²) in [5, 5.41) is 10.6. The minimum Gasteiger partial charge on any atom is -0.503 e. The van der Waals surface area contributed by atoms with Crippen molar-refractivity contribution in [2.75, 3.05) is 32.8 Å². The Morgan fingerprint density at radius 1 is 1.17 bits per heavy atom. The second kappa shape index (κ2) is 8.75. The maximum atomic E-state index is 13.1. The first kappa shape index (κ1) is 20.2. The number of ether oxygens (including phenoxy) is 1. The number of aliphatic hydroxyl groups excluding tert-OH is 1. The van der Waals surface area contributed by atoms with E-state index in [0.717, 1.165) is 31.5 Å². The van der Waals surface area contributed by atoms with Gasteiger partial charge in [-0.25, -0.2) is 0 Å². The summed E-state index contributed by atoms with van der Waals surface area (Å²) in [7, 11) is 0. The molecule has 4 rings (SSSR count). The number of aliphatic hydroxyl groups is 1. The van der Waals surface area contributed by atoms with Crippen molar-refractivity contribution in [2.45, 2.75) is 25.8 Å². The second-order valence-electron chi connectivity index (χ2n) is 7.52. The van der Waals surface area contributed by atoms with Gasteiger partial charge < -0.3 is 24.1 Å². The fourth-order valence-electron chi connectivity index (χ4n) is 4.17. The van der Waals surface area contributed by atoms with Crippen LogP contribution in [-0.2, 0) is 4.79 Å². The van der Waals surface area contributed by atoms with E-state index in [9.17, 15) is 14.7 Å². The molecule has 158 valence electrons. The first-order valence-corrected chi connectivity index (χ1v) is 10.4. The van der Waals surface area contributed by atoms with Crippen LogP contribution in [0.3, 0.4) is 0 Å². The van der Waals surface area contributed by atoms with Gasteiger partial charge in [-0.3, -0.25) is 9.59 Å². The van der Waals surface area contributed by atoms with E-state index in [-0.39, 0.29) is 11.3 Å². The van der Waals surface area contributed by atoms with Crippen molar-refractivity contribution in [3.63, 3.8) is 0 Å². The zero-order chi connectivity index (χ0) is 21.1. The van der Waals surface area contributed by atoms with Gasteiger partial charge >= 0.3 is 0 Å². The normalized spacial score (nSPS) is 19.7. The number of ketones is 1. The van der Waals surface area contributed by atoms with Crippen LogP contribution in [0, 0.1) is 0 Å². The summed E-state index contributed by atoms with van der Waals surface area (Å²) < 4.78 is 10.8. The van der Waals surface area contributed by atoms with Gasteiger partial charge in [-0.05, 0) is 62.7 Å². The van der Waals surface area contributed by atoms with Gasteiger partial charge in [-0.15, -0.1) is 0 Å². The molecule has 0 radical (unpaired) electrons. The number of hydrogen-bond donors (Lipinski definition) is 1. The van der Waals surface area contributed by atoms with Crippen molar-refractivity contribution in [3.05, 3.63) is 65.3 Å². The Bertz CT molecular complexity index is 927. The number of Topliss-reactive ketones (excluding diaryl/α,β-unsaturated/α-hetero) is 1. The molecular formula is C23H26N2O5. The van der Waals surface area contributed by atoms with E-state index >= 15 is 0 Å². The molecule has 1 fully saturated rings. The summed E-state index contributed by atoms with van der Waals surface area (Å²) >= 11 is 0. The van der Waals surface area contributed by atoms with Crippen LogP contribution in [-0.4, -0.2) is 59.4 Å². The maximum absolute atomic E-state index is 13.1. The van der Waals surface area contributed by atoms with Gasteiger partial charge in [0.25, 0.3) is 5.91 Å². The Morgan fingerprint density at radius 3 is 2.53 bits per heavy atom. The molecule has 3 heterocycles. The van der Waals surface area contributed by atoms with Crippen LogP contribution in [0.4, 0.5) is 0 Å². The van der Waals surface area contributed by atoms with Crippen LogP contribution < -0.4 is 4.74 Å². The molecule has 2 aromatic rings. The molecule has 0 aliphatic carbocycles. The van der Waals surface area contributed by atoms with Crippen molar-refractivity contribution in [3.8, 4) is 5.75 Å². The minimum absolute atomic E-state index is 0.0560. The molecule has 1 N–H and O–H groups in total. The van der Waals surface area contributed by atoms with Gasteiger partial charge in [-0.2, -0.15) is 0 Å². The number of benzene rings is 1. The molecule has 2 aliphatic rings. The lowest BCUT2D eigenvalue weighted by atomic mass is 9.95. The third kappa shape index (κ3) is 3.85. The first-order chi connectivity index (χ1) is 14.6. The van der Waals surface area contributed by atoms with Crippen LogP contribution in [0.2, 0.25) is 0 Å². The summed E-state index contributed by atoms with van der Waals surface area (Å²) in [5.74, 6) is -0.698. The Morgan fingerprint density at radius 2 is 1.90 bits per heavy atom. The number of carbonyl (C=O) groups excluding carboxylic acids is 2. The molecule has 0 spiro atoms. The van der Waals surface area contributed by atoms with E-state index in [4.69, 9.17) is 9.15 Å². The monoisotopic (exact) mass is 410 g/mol. The van der Waals surface area contributed by atoms with Crippen LogP contribution >= 0.6 is 0 Å². The SMILES string of the molecule is CCOc1ccc(C2C(C(=O)c3ccco3)=C(O)C(=O)N2CCN2CCCC2)cc1. The van der Waals surface area contributed by atoms with Gasteiger partial charge in [0.2, 0.25) is 5.78 Å². The molecule has 1 aromatic carbocycles. The van der Waals surface area contributed by atoms with Crippen molar-refractivity contribution < 1.29 is 23.8 Å². The number of amides is 1. The molecule has 2 aliphatic heterocycles. The Labute approximate surface area is 175 Å². The van der Waals surface area contributed by atoms with Crippen LogP contribution in [0.25, 0.3) is 0 Å². The highest BCUT2D eigenvalue weighted by Gasteiger charge is 2.44.